The molecule has 2 fully saturated rings. The number of carbonyl (C=O) groups excluding carboxylic acids is 2. The maximum atomic E-state index is 13.4. The topological polar surface area (TPSA) is 80.4 Å². The smallest absolute Gasteiger partial charge is 0.257 e. The minimum Gasteiger partial charge on any atom is -0.467 e. The van der Waals surface area contributed by atoms with E-state index in [1.54, 1.807) is 35.3 Å². The fourth-order valence-electron chi connectivity index (χ4n) is 4.36. The van der Waals surface area contributed by atoms with Gasteiger partial charge < -0.3 is 14.6 Å². The lowest BCUT2D eigenvalue weighted by Gasteiger charge is -2.31. The molecule has 9 heteroatoms. The number of amides is 2. The molecular formula is C24H24Cl2N4O3. The van der Waals surface area contributed by atoms with Crippen LogP contribution in [0.4, 0.5) is 0 Å². The zero-order valence-corrected chi connectivity index (χ0v) is 19.5. The van der Waals surface area contributed by atoms with Gasteiger partial charge in [0.25, 0.3) is 5.91 Å². The van der Waals surface area contributed by atoms with E-state index < -0.39 is 0 Å². The second-order valence-electron chi connectivity index (χ2n) is 8.59. The maximum absolute atomic E-state index is 13.4. The number of benzene rings is 1. The third kappa shape index (κ3) is 4.66. The number of aromatic nitrogens is 2. The molecule has 0 bridgehead atoms. The fraction of sp³-hybridized carbons (Fsp3) is 0.375. The SMILES string of the molecule is O=C(NCc1ccco1)C1CCN(C(=O)c2cnn(-c3ccc(Cl)cc3Cl)c2C2CC2)CC1. The van der Waals surface area contributed by atoms with Gasteiger partial charge in [-0.1, -0.05) is 23.2 Å². The first kappa shape index (κ1) is 22.0. The summed E-state index contributed by atoms with van der Waals surface area (Å²) >= 11 is 12.5. The lowest BCUT2D eigenvalue weighted by molar-refractivity contribution is -0.126. The molecule has 0 radical (unpaired) electrons. The number of carbonyl (C=O) groups is 2. The van der Waals surface area contributed by atoms with E-state index in [-0.39, 0.29) is 17.7 Å². The monoisotopic (exact) mass is 486 g/mol. The predicted octanol–water partition coefficient (Wildman–Crippen LogP) is 4.82. The number of piperidine rings is 1. The number of halogens is 2. The average Bonchev–Trinajstić information content (AvgIpc) is 3.34. The minimum atomic E-state index is -0.109. The van der Waals surface area contributed by atoms with Crippen molar-refractivity contribution in [3.63, 3.8) is 0 Å². The Hall–Kier alpha value is -2.77. The summed E-state index contributed by atoms with van der Waals surface area (Å²) in [5, 5.41) is 8.48. The van der Waals surface area contributed by atoms with Crippen LogP contribution >= 0.6 is 23.2 Å². The first-order valence-electron chi connectivity index (χ1n) is 11.1. The molecule has 0 unspecified atom stereocenters. The number of hydrogen-bond donors (Lipinski definition) is 1. The number of nitrogens with zero attached hydrogens (tertiary/aromatic N) is 3. The number of furan rings is 1. The summed E-state index contributed by atoms with van der Waals surface area (Å²) in [6, 6.07) is 8.90. The molecule has 1 aliphatic carbocycles. The summed E-state index contributed by atoms with van der Waals surface area (Å²) in [7, 11) is 0. The van der Waals surface area contributed by atoms with Crippen molar-refractivity contribution in [2.45, 2.75) is 38.1 Å². The molecule has 1 N–H and O–H groups in total. The highest BCUT2D eigenvalue weighted by molar-refractivity contribution is 6.35. The Morgan fingerprint density at radius 2 is 1.91 bits per heavy atom. The van der Waals surface area contributed by atoms with E-state index in [9.17, 15) is 9.59 Å². The number of rotatable bonds is 6. The Morgan fingerprint density at radius 3 is 2.58 bits per heavy atom. The van der Waals surface area contributed by atoms with Crippen molar-refractivity contribution in [1.29, 1.82) is 0 Å². The van der Waals surface area contributed by atoms with Crippen LogP contribution in [0.15, 0.2) is 47.2 Å². The van der Waals surface area contributed by atoms with Crippen LogP contribution in [-0.4, -0.2) is 39.6 Å². The molecule has 3 heterocycles. The van der Waals surface area contributed by atoms with Crippen molar-refractivity contribution in [3.05, 3.63) is 69.9 Å². The minimum absolute atomic E-state index is 0.00219. The number of nitrogens with one attached hydrogen (secondary N) is 1. The predicted molar refractivity (Wildman–Crippen MR) is 125 cm³/mol. The van der Waals surface area contributed by atoms with Crippen LogP contribution in [-0.2, 0) is 11.3 Å². The molecular weight excluding hydrogens is 463 g/mol. The zero-order chi connectivity index (χ0) is 22.9. The van der Waals surface area contributed by atoms with E-state index >= 15 is 0 Å². The second kappa shape index (κ2) is 9.23. The summed E-state index contributed by atoms with van der Waals surface area (Å²) in [4.78, 5) is 27.7. The van der Waals surface area contributed by atoms with Crippen molar-refractivity contribution in [2.75, 3.05) is 13.1 Å². The fourth-order valence-corrected chi connectivity index (χ4v) is 4.85. The quantitative estimate of drug-likeness (QED) is 0.541. The van der Waals surface area contributed by atoms with Gasteiger partial charge in [-0.05, 0) is 56.0 Å². The van der Waals surface area contributed by atoms with E-state index in [4.69, 9.17) is 27.6 Å². The molecule has 2 aromatic heterocycles. The largest absolute Gasteiger partial charge is 0.467 e. The Bertz CT molecular complexity index is 1160. The lowest BCUT2D eigenvalue weighted by atomic mass is 9.95. The van der Waals surface area contributed by atoms with Gasteiger partial charge in [0.2, 0.25) is 5.91 Å². The van der Waals surface area contributed by atoms with Crippen LogP contribution in [0.5, 0.6) is 0 Å². The van der Waals surface area contributed by atoms with Gasteiger partial charge >= 0.3 is 0 Å². The molecule has 0 atom stereocenters. The molecule has 2 aliphatic rings. The summed E-state index contributed by atoms with van der Waals surface area (Å²) in [5.41, 5.74) is 2.24. The summed E-state index contributed by atoms with van der Waals surface area (Å²) < 4.78 is 7.04. The highest BCUT2D eigenvalue weighted by Gasteiger charge is 2.36. The Morgan fingerprint density at radius 1 is 1.12 bits per heavy atom. The van der Waals surface area contributed by atoms with Crippen LogP contribution in [0.1, 0.15) is 53.4 Å². The normalized spacial score (nSPS) is 16.7. The van der Waals surface area contributed by atoms with Crippen molar-refractivity contribution < 1.29 is 14.0 Å². The molecule has 2 amide bonds. The number of likely N-dealkylation sites (tertiary alicyclic amines) is 1. The van der Waals surface area contributed by atoms with E-state index in [1.165, 1.54) is 0 Å². The van der Waals surface area contributed by atoms with E-state index in [1.807, 2.05) is 17.0 Å². The van der Waals surface area contributed by atoms with Gasteiger partial charge in [0, 0.05) is 29.9 Å². The summed E-state index contributed by atoms with van der Waals surface area (Å²) in [6.07, 6.45) is 6.54. The molecule has 3 aromatic rings. The van der Waals surface area contributed by atoms with Crippen molar-refractivity contribution >= 4 is 35.0 Å². The van der Waals surface area contributed by atoms with E-state index in [0.717, 1.165) is 24.3 Å². The van der Waals surface area contributed by atoms with Gasteiger partial charge in [-0.2, -0.15) is 5.10 Å². The van der Waals surface area contributed by atoms with Crippen LogP contribution in [0.3, 0.4) is 0 Å². The van der Waals surface area contributed by atoms with Crippen LogP contribution in [0, 0.1) is 5.92 Å². The molecule has 1 aliphatic heterocycles. The molecule has 5 rings (SSSR count). The molecule has 7 nitrogen and oxygen atoms in total. The van der Waals surface area contributed by atoms with Gasteiger partial charge in [-0.25, -0.2) is 4.68 Å². The summed E-state index contributed by atoms with van der Waals surface area (Å²) in [6.45, 7) is 1.45. The standard InChI is InChI=1S/C24H24Cl2N4O3/c25-17-5-6-21(20(26)12-17)30-22(15-3-4-15)19(14-28-30)24(32)29-9-7-16(8-10-29)23(31)27-13-18-2-1-11-33-18/h1-2,5-6,11-12,14-16H,3-4,7-10,13H2,(H,27,31). The highest BCUT2D eigenvalue weighted by Crippen LogP contribution is 2.43. The molecule has 1 saturated carbocycles. The molecule has 1 aromatic carbocycles. The van der Waals surface area contributed by atoms with Gasteiger partial charge in [-0.15, -0.1) is 0 Å². The summed E-state index contributed by atoms with van der Waals surface area (Å²) in [5.74, 6) is 0.872. The second-order valence-corrected chi connectivity index (χ2v) is 9.43. The first-order valence-corrected chi connectivity index (χ1v) is 11.9. The molecule has 33 heavy (non-hydrogen) atoms. The average molecular weight is 487 g/mol. The Kier molecular flexibility index (Phi) is 6.17. The van der Waals surface area contributed by atoms with E-state index in [0.29, 0.717) is 59.7 Å². The first-order chi connectivity index (χ1) is 16.0. The zero-order valence-electron chi connectivity index (χ0n) is 18.0. The van der Waals surface area contributed by atoms with Crippen LogP contribution in [0.2, 0.25) is 10.0 Å². The third-order valence-corrected chi connectivity index (χ3v) is 6.85. The molecule has 1 saturated heterocycles. The van der Waals surface area contributed by atoms with Crippen molar-refractivity contribution in [3.8, 4) is 5.69 Å². The highest BCUT2D eigenvalue weighted by atomic mass is 35.5. The van der Waals surface area contributed by atoms with E-state index in [2.05, 4.69) is 10.4 Å². The van der Waals surface area contributed by atoms with Crippen LogP contribution in [0.25, 0.3) is 5.69 Å². The molecule has 172 valence electrons. The van der Waals surface area contributed by atoms with Gasteiger partial charge in [-0.3, -0.25) is 9.59 Å². The Balaban J connectivity index is 1.27. The van der Waals surface area contributed by atoms with Crippen molar-refractivity contribution in [2.24, 2.45) is 5.92 Å². The van der Waals surface area contributed by atoms with Gasteiger partial charge in [0.15, 0.2) is 0 Å². The Labute approximate surface area is 201 Å². The van der Waals surface area contributed by atoms with Gasteiger partial charge in [0.1, 0.15) is 5.76 Å². The van der Waals surface area contributed by atoms with Gasteiger partial charge in [0.05, 0.1) is 41.0 Å². The maximum Gasteiger partial charge on any atom is 0.257 e. The number of hydrogen-bond acceptors (Lipinski definition) is 4. The van der Waals surface area contributed by atoms with Crippen molar-refractivity contribution in [1.82, 2.24) is 20.0 Å². The van der Waals surface area contributed by atoms with Crippen LogP contribution < -0.4 is 5.32 Å². The third-order valence-electron chi connectivity index (χ3n) is 6.31. The lowest BCUT2D eigenvalue weighted by Crippen LogP contribution is -2.43. The molecule has 0 spiro atoms.